The monoisotopic (exact) mass is 343 g/mol. The van der Waals surface area contributed by atoms with Gasteiger partial charge in [-0.05, 0) is 44.0 Å². The molecule has 0 bridgehead atoms. The highest BCUT2D eigenvalue weighted by molar-refractivity contribution is 5.90. The molecule has 0 aromatic heterocycles. The van der Waals surface area contributed by atoms with E-state index in [9.17, 15) is 9.59 Å². The average molecular weight is 343 g/mol. The zero-order valence-corrected chi connectivity index (χ0v) is 14.5. The average Bonchev–Trinajstić information content (AvgIpc) is 2.67. The Labute approximate surface area is 148 Å². The highest BCUT2D eigenvalue weighted by Crippen LogP contribution is 2.27. The topological polar surface area (TPSA) is 72.9 Å². The van der Waals surface area contributed by atoms with E-state index in [2.05, 4.69) is 18.2 Å². The number of hydrogen-bond donors (Lipinski definition) is 2. The Kier molecular flexibility index (Phi) is 5.50. The van der Waals surface area contributed by atoms with Crippen LogP contribution in [0.4, 0.5) is 0 Å². The van der Waals surface area contributed by atoms with Crippen LogP contribution >= 0.6 is 0 Å². The highest BCUT2D eigenvalue weighted by Gasteiger charge is 2.41. The standard InChI is InChI=1S/C19H25N3O3/c1-21-11-5-8-16(18(23)20-25)17(21)19(24)22-12-9-15(10-13-22)14-6-3-2-4-7-14/h2-4,6-7,9,16-17,25H,5,8,10-13H2,1H3,(H,20,23)/t16-,17-/m0/s1. The number of piperidine rings is 1. The van der Waals surface area contributed by atoms with Crippen LogP contribution in [0, 0.1) is 5.92 Å². The van der Waals surface area contributed by atoms with Crippen LogP contribution < -0.4 is 5.48 Å². The number of nitrogens with zero attached hydrogens (tertiary/aromatic N) is 2. The number of likely N-dealkylation sites (tertiary alicyclic amines) is 1. The Hall–Kier alpha value is -2.18. The molecule has 2 aliphatic heterocycles. The quantitative estimate of drug-likeness (QED) is 0.645. The Balaban J connectivity index is 1.72. The van der Waals surface area contributed by atoms with Gasteiger partial charge in [0.1, 0.15) is 6.04 Å². The summed E-state index contributed by atoms with van der Waals surface area (Å²) in [6, 6.07) is 9.69. The van der Waals surface area contributed by atoms with Crippen LogP contribution in [0.15, 0.2) is 36.4 Å². The van der Waals surface area contributed by atoms with Crippen LogP contribution in [0.5, 0.6) is 0 Å². The lowest BCUT2D eigenvalue weighted by Gasteiger charge is -2.40. The Bertz CT molecular complexity index is 659. The molecule has 25 heavy (non-hydrogen) atoms. The van der Waals surface area contributed by atoms with E-state index >= 15 is 0 Å². The molecular formula is C19H25N3O3. The predicted molar refractivity (Wildman–Crippen MR) is 94.7 cm³/mol. The molecule has 1 fully saturated rings. The maximum atomic E-state index is 13.0. The molecule has 1 saturated heterocycles. The first-order valence-electron chi connectivity index (χ1n) is 8.79. The lowest BCUT2D eigenvalue weighted by Crippen LogP contribution is -2.57. The minimum absolute atomic E-state index is 0.0286. The number of nitrogens with one attached hydrogen (secondary N) is 1. The molecule has 134 valence electrons. The summed E-state index contributed by atoms with van der Waals surface area (Å²) in [5, 5.41) is 8.99. The first-order valence-corrected chi connectivity index (χ1v) is 8.79. The van der Waals surface area contributed by atoms with Crippen molar-refractivity contribution in [3.8, 4) is 0 Å². The number of likely N-dealkylation sites (N-methyl/N-ethyl adjacent to an activating group) is 1. The van der Waals surface area contributed by atoms with Gasteiger partial charge in [-0.25, -0.2) is 5.48 Å². The van der Waals surface area contributed by atoms with E-state index in [1.54, 1.807) is 5.48 Å². The van der Waals surface area contributed by atoms with Crippen molar-refractivity contribution in [2.45, 2.75) is 25.3 Å². The van der Waals surface area contributed by atoms with Gasteiger partial charge in [0, 0.05) is 13.1 Å². The normalized spacial score (nSPS) is 24.6. The summed E-state index contributed by atoms with van der Waals surface area (Å²) in [7, 11) is 1.87. The van der Waals surface area contributed by atoms with Gasteiger partial charge in [0.15, 0.2) is 0 Å². The molecule has 0 aliphatic carbocycles. The maximum absolute atomic E-state index is 13.0. The summed E-state index contributed by atoms with van der Waals surface area (Å²) in [4.78, 5) is 28.8. The summed E-state index contributed by atoms with van der Waals surface area (Å²) in [5.74, 6) is -1.00. The van der Waals surface area contributed by atoms with Gasteiger partial charge in [0.25, 0.3) is 0 Å². The predicted octanol–water partition coefficient (Wildman–Crippen LogP) is 1.52. The van der Waals surface area contributed by atoms with Crippen LogP contribution in [0.3, 0.4) is 0 Å². The third-order valence-electron chi connectivity index (χ3n) is 5.25. The molecule has 2 atom stereocenters. The molecule has 2 aliphatic rings. The molecule has 0 saturated carbocycles. The molecule has 0 spiro atoms. The first-order chi connectivity index (χ1) is 12.1. The second kappa shape index (κ2) is 7.80. The molecule has 6 heteroatoms. The number of rotatable bonds is 3. The van der Waals surface area contributed by atoms with Crippen LogP contribution in [-0.2, 0) is 9.59 Å². The lowest BCUT2D eigenvalue weighted by molar-refractivity contribution is -0.148. The van der Waals surface area contributed by atoms with Crippen molar-refractivity contribution in [3.63, 3.8) is 0 Å². The minimum atomic E-state index is -0.507. The summed E-state index contributed by atoms with van der Waals surface area (Å²) in [5.41, 5.74) is 4.18. The number of amides is 2. The number of hydroxylamine groups is 1. The molecule has 0 radical (unpaired) electrons. The molecule has 6 nitrogen and oxygen atoms in total. The van der Waals surface area contributed by atoms with Crippen LogP contribution in [0.2, 0.25) is 0 Å². The minimum Gasteiger partial charge on any atom is -0.337 e. The summed E-state index contributed by atoms with van der Waals surface area (Å²) >= 11 is 0. The maximum Gasteiger partial charge on any atom is 0.248 e. The summed E-state index contributed by atoms with van der Waals surface area (Å²) in [6.45, 7) is 1.99. The summed E-state index contributed by atoms with van der Waals surface area (Å²) < 4.78 is 0. The number of carbonyl (C=O) groups is 2. The largest absolute Gasteiger partial charge is 0.337 e. The second-order valence-electron chi connectivity index (χ2n) is 6.78. The van der Waals surface area contributed by atoms with E-state index in [1.807, 2.05) is 35.0 Å². The van der Waals surface area contributed by atoms with Gasteiger partial charge >= 0.3 is 0 Å². The Morgan fingerprint density at radius 2 is 1.96 bits per heavy atom. The Morgan fingerprint density at radius 3 is 2.60 bits per heavy atom. The van der Waals surface area contributed by atoms with E-state index in [-0.39, 0.29) is 5.91 Å². The fourth-order valence-electron chi connectivity index (χ4n) is 3.85. The molecule has 0 unspecified atom stereocenters. The highest BCUT2D eigenvalue weighted by atomic mass is 16.5. The molecule has 3 rings (SSSR count). The molecular weight excluding hydrogens is 318 g/mol. The molecule has 2 amide bonds. The van der Waals surface area contributed by atoms with E-state index in [4.69, 9.17) is 5.21 Å². The molecule has 1 aromatic rings. The molecule has 2 heterocycles. The zero-order chi connectivity index (χ0) is 17.8. The van der Waals surface area contributed by atoms with Crippen molar-refractivity contribution in [2.75, 3.05) is 26.7 Å². The SMILES string of the molecule is CN1CCC[C@H](C(=O)NO)[C@H]1C(=O)N1CC=C(c2ccccc2)CC1. The van der Waals surface area contributed by atoms with Crippen molar-refractivity contribution >= 4 is 17.4 Å². The number of hydrogen-bond acceptors (Lipinski definition) is 4. The second-order valence-corrected chi connectivity index (χ2v) is 6.78. The van der Waals surface area contributed by atoms with Crippen LogP contribution in [0.1, 0.15) is 24.8 Å². The summed E-state index contributed by atoms with van der Waals surface area (Å²) in [6.07, 6.45) is 4.37. The third-order valence-corrected chi connectivity index (χ3v) is 5.25. The van der Waals surface area contributed by atoms with E-state index in [0.29, 0.717) is 19.5 Å². The van der Waals surface area contributed by atoms with Crippen LogP contribution in [0.25, 0.3) is 5.57 Å². The van der Waals surface area contributed by atoms with Gasteiger partial charge in [0.05, 0.1) is 5.92 Å². The van der Waals surface area contributed by atoms with E-state index in [1.165, 1.54) is 11.1 Å². The fourth-order valence-corrected chi connectivity index (χ4v) is 3.85. The van der Waals surface area contributed by atoms with Gasteiger partial charge in [-0.2, -0.15) is 0 Å². The third kappa shape index (κ3) is 3.75. The van der Waals surface area contributed by atoms with Crippen molar-refractivity contribution in [2.24, 2.45) is 5.92 Å². The number of carbonyl (C=O) groups excluding carboxylic acids is 2. The van der Waals surface area contributed by atoms with Gasteiger partial charge in [-0.3, -0.25) is 19.7 Å². The van der Waals surface area contributed by atoms with Crippen molar-refractivity contribution < 1.29 is 14.8 Å². The van der Waals surface area contributed by atoms with E-state index in [0.717, 1.165) is 19.4 Å². The van der Waals surface area contributed by atoms with Gasteiger partial charge in [-0.1, -0.05) is 36.4 Å². The molecule has 1 aromatic carbocycles. The van der Waals surface area contributed by atoms with Crippen molar-refractivity contribution in [1.29, 1.82) is 0 Å². The van der Waals surface area contributed by atoms with Crippen LogP contribution in [-0.4, -0.2) is 59.5 Å². The smallest absolute Gasteiger partial charge is 0.248 e. The lowest BCUT2D eigenvalue weighted by atomic mass is 9.87. The fraction of sp³-hybridized carbons (Fsp3) is 0.474. The van der Waals surface area contributed by atoms with Crippen molar-refractivity contribution in [1.82, 2.24) is 15.3 Å². The Morgan fingerprint density at radius 1 is 1.20 bits per heavy atom. The van der Waals surface area contributed by atoms with Crippen molar-refractivity contribution in [3.05, 3.63) is 42.0 Å². The first kappa shape index (κ1) is 17.6. The zero-order valence-electron chi connectivity index (χ0n) is 14.5. The van der Waals surface area contributed by atoms with Gasteiger partial charge in [0.2, 0.25) is 11.8 Å². The molecule has 2 N–H and O–H groups in total. The van der Waals surface area contributed by atoms with Gasteiger partial charge in [-0.15, -0.1) is 0 Å². The van der Waals surface area contributed by atoms with Gasteiger partial charge < -0.3 is 4.90 Å². The number of benzene rings is 1. The van der Waals surface area contributed by atoms with E-state index < -0.39 is 17.9 Å².